The molecule has 98 valence electrons. The Hall–Kier alpha value is -0.450. The monoisotopic (exact) mass is 240 g/mol. The number of nitrogens with zero attached hydrogens (tertiary/aromatic N) is 2. The molecule has 2 aliphatic rings. The van der Waals surface area contributed by atoms with Crippen molar-refractivity contribution in [3.05, 3.63) is 0 Å². The Morgan fingerprint density at radius 1 is 1.41 bits per heavy atom. The maximum Gasteiger partial charge on any atom is 0.141 e. The molecular weight excluding hydrogens is 216 g/mol. The minimum Gasteiger partial charge on any atom is -0.380 e. The first-order chi connectivity index (χ1) is 8.20. The van der Waals surface area contributed by atoms with Crippen molar-refractivity contribution in [2.45, 2.75) is 26.3 Å². The predicted molar refractivity (Wildman–Crippen MR) is 67.1 cm³/mol. The lowest BCUT2D eigenvalue weighted by Gasteiger charge is -2.40. The van der Waals surface area contributed by atoms with Crippen molar-refractivity contribution in [1.82, 2.24) is 9.80 Å². The van der Waals surface area contributed by atoms with Gasteiger partial charge in [0.15, 0.2) is 0 Å². The first-order valence-electron chi connectivity index (χ1n) is 6.77. The van der Waals surface area contributed by atoms with Crippen LogP contribution in [-0.2, 0) is 9.53 Å². The Morgan fingerprint density at radius 2 is 2.24 bits per heavy atom. The number of Topliss-reactive ketones (excluding diaryl/α,β-unsaturated/α-hetero) is 1. The summed E-state index contributed by atoms with van der Waals surface area (Å²) in [5.74, 6) is 0.506. The van der Waals surface area contributed by atoms with Gasteiger partial charge in [-0.2, -0.15) is 0 Å². The molecule has 0 aromatic carbocycles. The molecule has 0 aliphatic carbocycles. The Morgan fingerprint density at radius 3 is 2.88 bits per heavy atom. The summed E-state index contributed by atoms with van der Waals surface area (Å²) in [5, 5.41) is 0. The molecule has 0 spiro atoms. The standard InChI is InChI=1S/C13H24N2O2/c1-3-15-6-5-14(8-11(15)2)9-12-10-17-7-4-13(12)16/h11-12H,3-10H2,1-2H3. The Kier molecular flexibility index (Phi) is 4.54. The van der Waals surface area contributed by atoms with Gasteiger partial charge in [-0.1, -0.05) is 6.92 Å². The zero-order valence-electron chi connectivity index (χ0n) is 11.0. The van der Waals surface area contributed by atoms with Crippen LogP contribution in [0.25, 0.3) is 0 Å². The summed E-state index contributed by atoms with van der Waals surface area (Å²) < 4.78 is 5.41. The van der Waals surface area contributed by atoms with Crippen molar-refractivity contribution in [2.75, 3.05) is 45.9 Å². The second-order valence-electron chi connectivity index (χ2n) is 5.23. The largest absolute Gasteiger partial charge is 0.380 e. The van der Waals surface area contributed by atoms with Crippen LogP contribution in [0.2, 0.25) is 0 Å². The lowest BCUT2D eigenvalue weighted by molar-refractivity contribution is -0.131. The van der Waals surface area contributed by atoms with Crippen LogP contribution in [0.15, 0.2) is 0 Å². The van der Waals surface area contributed by atoms with Crippen LogP contribution in [0.3, 0.4) is 0 Å². The third kappa shape index (κ3) is 3.27. The number of ether oxygens (including phenoxy) is 1. The molecule has 2 rings (SSSR count). The molecule has 2 fully saturated rings. The van der Waals surface area contributed by atoms with Crippen molar-refractivity contribution in [3.63, 3.8) is 0 Å². The maximum atomic E-state index is 11.8. The smallest absolute Gasteiger partial charge is 0.141 e. The molecule has 17 heavy (non-hydrogen) atoms. The molecule has 0 bridgehead atoms. The average molecular weight is 240 g/mol. The fraction of sp³-hybridized carbons (Fsp3) is 0.923. The summed E-state index contributed by atoms with van der Waals surface area (Å²) in [6.45, 7) is 11.0. The lowest BCUT2D eigenvalue weighted by Crippen LogP contribution is -2.53. The van der Waals surface area contributed by atoms with Gasteiger partial charge in [0, 0.05) is 38.6 Å². The van der Waals surface area contributed by atoms with Crippen LogP contribution in [0, 0.1) is 5.92 Å². The molecule has 4 heteroatoms. The third-order valence-electron chi connectivity index (χ3n) is 4.00. The highest BCUT2D eigenvalue weighted by molar-refractivity contribution is 5.82. The van der Waals surface area contributed by atoms with Crippen LogP contribution in [0.4, 0.5) is 0 Å². The normalized spacial score (nSPS) is 32.9. The van der Waals surface area contributed by atoms with Gasteiger partial charge in [-0.15, -0.1) is 0 Å². The number of carbonyl (C=O) groups excluding carboxylic acids is 1. The van der Waals surface area contributed by atoms with Gasteiger partial charge < -0.3 is 4.74 Å². The van der Waals surface area contributed by atoms with E-state index >= 15 is 0 Å². The van der Waals surface area contributed by atoms with E-state index in [-0.39, 0.29) is 5.92 Å². The molecule has 4 nitrogen and oxygen atoms in total. The van der Waals surface area contributed by atoms with E-state index in [9.17, 15) is 4.79 Å². The summed E-state index contributed by atoms with van der Waals surface area (Å²) in [6.07, 6.45) is 0.606. The van der Waals surface area contributed by atoms with E-state index < -0.39 is 0 Å². The van der Waals surface area contributed by atoms with Crippen LogP contribution >= 0.6 is 0 Å². The molecule has 2 heterocycles. The number of likely N-dealkylation sites (N-methyl/N-ethyl adjacent to an activating group) is 1. The first kappa shape index (κ1) is 13.0. The predicted octanol–water partition coefficient (Wildman–Crippen LogP) is 0.618. The molecule has 0 aromatic heterocycles. The SMILES string of the molecule is CCN1CCN(CC2COCCC2=O)CC1C. The average Bonchev–Trinajstić information content (AvgIpc) is 2.32. The third-order valence-corrected chi connectivity index (χ3v) is 4.00. The van der Waals surface area contributed by atoms with Gasteiger partial charge in [0.25, 0.3) is 0 Å². The Balaban J connectivity index is 1.81. The van der Waals surface area contributed by atoms with Gasteiger partial charge >= 0.3 is 0 Å². The molecule has 0 N–H and O–H groups in total. The second kappa shape index (κ2) is 5.94. The molecule has 0 radical (unpaired) electrons. The highest BCUT2D eigenvalue weighted by Gasteiger charge is 2.28. The van der Waals surface area contributed by atoms with E-state index in [1.807, 2.05) is 0 Å². The van der Waals surface area contributed by atoms with Crippen LogP contribution < -0.4 is 0 Å². The van der Waals surface area contributed by atoms with Gasteiger partial charge in [0.05, 0.1) is 19.1 Å². The van der Waals surface area contributed by atoms with Crippen LogP contribution in [0.5, 0.6) is 0 Å². The van der Waals surface area contributed by atoms with Gasteiger partial charge in [0.1, 0.15) is 5.78 Å². The number of carbonyl (C=O) groups is 1. The van der Waals surface area contributed by atoms with Gasteiger partial charge in [0.2, 0.25) is 0 Å². The summed E-state index contributed by atoms with van der Waals surface area (Å²) in [4.78, 5) is 16.7. The van der Waals surface area contributed by atoms with Crippen molar-refractivity contribution >= 4 is 5.78 Å². The van der Waals surface area contributed by atoms with Gasteiger partial charge in [-0.05, 0) is 13.5 Å². The molecule has 2 saturated heterocycles. The van der Waals surface area contributed by atoms with E-state index in [0.717, 1.165) is 32.7 Å². The molecule has 0 amide bonds. The summed E-state index contributed by atoms with van der Waals surface area (Å²) >= 11 is 0. The zero-order valence-corrected chi connectivity index (χ0v) is 11.0. The number of piperazine rings is 1. The van der Waals surface area contributed by atoms with E-state index in [1.54, 1.807) is 0 Å². The van der Waals surface area contributed by atoms with Crippen molar-refractivity contribution in [2.24, 2.45) is 5.92 Å². The Labute approximate surface area is 104 Å². The minimum atomic E-state index is 0.115. The van der Waals surface area contributed by atoms with E-state index in [1.165, 1.54) is 0 Å². The highest BCUT2D eigenvalue weighted by Crippen LogP contribution is 2.15. The topological polar surface area (TPSA) is 32.8 Å². The van der Waals surface area contributed by atoms with Crippen molar-refractivity contribution in [3.8, 4) is 0 Å². The highest BCUT2D eigenvalue weighted by atomic mass is 16.5. The maximum absolute atomic E-state index is 11.8. The van der Waals surface area contributed by atoms with Gasteiger partial charge in [-0.3, -0.25) is 14.6 Å². The Bertz CT molecular complexity index is 270. The fourth-order valence-electron chi connectivity index (χ4n) is 2.87. The minimum absolute atomic E-state index is 0.115. The summed E-state index contributed by atoms with van der Waals surface area (Å²) in [7, 11) is 0. The molecule has 2 atom stereocenters. The quantitative estimate of drug-likeness (QED) is 0.724. The van der Waals surface area contributed by atoms with Crippen molar-refractivity contribution in [1.29, 1.82) is 0 Å². The van der Waals surface area contributed by atoms with Gasteiger partial charge in [-0.25, -0.2) is 0 Å². The number of hydrogen-bond acceptors (Lipinski definition) is 4. The van der Waals surface area contributed by atoms with E-state index in [0.29, 0.717) is 31.5 Å². The number of hydrogen-bond donors (Lipinski definition) is 0. The molecular formula is C13H24N2O2. The van der Waals surface area contributed by atoms with Crippen molar-refractivity contribution < 1.29 is 9.53 Å². The lowest BCUT2D eigenvalue weighted by atomic mass is 9.99. The fourth-order valence-corrected chi connectivity index (χ4v) is 2.87. The number of ketones is 1. The second-order valence-corrected chi connectivity index (χ2v) is 5.23. The number of rotatable bonds is 3. The summed E-state index contributed by atoms with van der Waals surface area (Å²) in [6, 6.07) is 0.605. The molecule has 0 saturated carbocycles. The molecule has 0 aromatic rings. The molecule has 2 unspecified atom stereocenters. The zero-order chi connectivity index (χ0) is 12.3. The van der Waals surface area contributed by atoms with E-state index in [4.69, 9.17) is 4.74 Å². The molecule has 2 aliphatic heterocycles. The van der Waals surface area contributed by atoms with Crippen LogP contribution in [0.1, 0.15) is 20.3 Å². The first-order valence-corrected chi connectivity index (χ1v) is 6.77. The van der Waals surface area contributed by atoms with Crippen LogP contribution in [-0.4, -0.2) is 67.6 Å². The summed E-state index contributed by atoms with van der Waals surface area (Å²) in [5.41, 5.74) is 0. The van der Waals surface area contributed by atoms with E-state index in [2.05, 4.69) is 23.6 Å².